The van der Waals surface area contributed by atoms with E-state index in [1.165, 1.54) is 5.56 Å². The van der Waals surface area contributed by atoms with E-state index in [1.807, 2.05) is 36.4 Å². The van der Waals surface area contributed by atoms with Gasteiger partial charge in [-0.1, -0.05) is 26.0 Å². The maximum absolute atomic E-state index is 12.4. The summed E-state index contributed by atoms with van der Waals surface area (Å²) in [6.07, 6.45) is 3.40. The van der Waals surface area contributed by atoms with Crippen LogP contribution in [0.25, 0.3) is 22.4 Å². The Kier molecular flexibility index (Phi) is 5.75. The van der Waals surface area contributed by atoms with Crippen LogP contribution >= 0.6 is 0 Å². The number of imidazole rings is 1. The lowest BCUT2D eigenvalue weighted by molar-refractivity contribution is -0.119. The molecular weight excluding hydrogens is 392 g/mol. The normalized spacial score (nSPS) is 10.9. The molecule has 2 aromatic carbocycles. The van der Waals surface area contributed by atoms with Crippen LogP contribution in [0, 0.1) is 0 Å². The Labute approximate surface area is 179 Å². The summed E-state index contributed by atoms with van der Waals surface area (Å²) in [6.45, 7) is 3.84. The number of ether oxygens (including phenoxy) is 1. The SMILES string of the molecule is CC(C)c1ccc(NC(=O)COC(=O)c2ccc3nc(-c4cccnc4)[nH]c3c2)cc1. The number of hydrogen-bond donors (Lipinski definition) is 2. The average Bonchev–Trinajstić information content (AvgIpc) is 3.22. The van der Waals surface area contributed by atoms with Gasteiger partial charge in [-0.3, -0.25) is 9.78 Å². The first-order valence-electron chi connectivity index (χ1n) is 9.97. The van der Waals surface area contributed by atoms with Crippen LogP contribution < -0.4 is 5.32 Å². The third kappa shape index (κ3) is 4.78. The molecule has 0 bridgehead atoms. The minimum absolute atomic E-state index is 0.336. The Morgan fingerprint density at radius 1 is 1.10 bits per heavy atom. The molecule has 0 unspecified atom stereocenters. The van der Waals surface area contributed by atoms with Gasteiger partial charge < -0.3 is 15.0 Å². The molecule has 156 valence electrons. The van der Waals surface area contributed by atoms with Gasteiger partial charge >= 0.3 is 5.97 Å². The van der Waals surface area contributed by atoms with Gasteiger partial charge in [0.2, 0.25) is 0 Å². The number of fused-ring (bicyclic) bond motifs is 1. The molecule has 2 heterocycles. The maximum Gasteiger partial charge on any atom is 0.338 e. The van der Waals surface area contributed by atoms with Gasteiger partial charge in [0, 0.05) is 23.6 Å². The quantitative estimate of drug-likeness (QED) is 0.451. The number of H-pyrrole nitrogens is 1. The number of nitrogens with one attached hydrogen (secondary N) is 2. The second-order valence-corrected chi connectivity index (χ2v) is 7.46. The molecule has 2 aromatic heterocycles. The predicted molar refractivity (Wildman–Crippen MR) is 119 cm³/mol. The Hall–Kier alpha value is -4.00. The third-order valence-corrected chi connectivity index (χ3v) is 4.85. The van der Waals surface area contributed by atoms with Crippen molar-refractivity contribution in [2.24, 2.45) is 0 Å². The minimum atomic E-state index is -0.579. The number of amides is 1. The lowest BCUT2D eigenvalue weighted by Crippen LogP contribution is -2.20. The van der Waals surface area contributed by atoms with Gasteiger partial charge in [0.15, 0.2) is 6.61 Å². The molecular formula is C24H22N4O3. The molecule has 4 aromatic rings. The molecule has 1 amide bonds. The zero-order chi connectivity index (χ0) is 21.8. The number of aromatic amines is 1. The molecule has 7 heteroatoms. The van der Waals surface area contributed by atoms with Gasteiger partial charge in [-0.25, -0.2) is 9.78 Å². The van der Waals surface area contributed by atoms with Crippen LogP contribution in [-0.4, -0.2) is 33.4 Å². The number of aromatic nitrogens is 3. The Balaban J connectivity index is 1.38. The lowest BCUT2D eigenvalue weighted by atomic mass is 10.0. The Morgan fingerprint density at radius 2 is 1.90 bits per heavy atom. The van der Waals surface area contributed by atoms with E-state index >= 15 is 0 Å². The van der Waals surface area contributed by atoms with Gasteiger partial charge in [0.05, 0.1) is 16.6 Å². The molecule has 31 heavy (non-hydrogen) atoms. The fourth-order valence-corrected chi connectivity index (χ4v) is 3.14. The zero-order valence-electron chi connectivity index (χ0n) is 17.3. The van der Waals surface area contributed by atoms with Crippen molar-refractivity contribution in [2.45, 2.75) is 19.8 Å². The highest BCUT2D eigenvalue weighted by Crippen LogP contribution is 2.21. The summed E-state index contributed by atoms with van der Waals surface area (Å²) in [5.41, 5.74) is 4.45. The van der Waals surface area contributed by atoms with Crippen molar-refractivity contribution in [3.05, 3.63) is 78.1 Å². The number of hydrogen-bond acceptors (Lipinski definition) is 5. The molecule has 0 radical (unpaired) electrons. The van der Waals surface area contributed by atoms with Gasteiger partial charge in [-0.2, -0.15) is 0 Å². The summed E-state index contributed by atoms with van der Waals surface area (Å²) in [6, 6.07) is 16.3. The van der Waals surface area contributed by atoms with Gasteiger partial charge in [-0.15, -0.1) is 0 Å². The molecule has 0 fully saturated rings. The zero-order valence-corrected chi connectivity index (χ0v) is 17.3. The summed E-state index contributed by atoms with van der Waals surface area (Å²) < 4.78 is 5.17. The molecule has 4 rings (SSSR count). The molecule has 0 spiro atoms. The van der Waals surface area contributed by atoms with Crippen LogP contribution in [0.4, 0.5) is 5.69 Å². The molecule has 0 aliphatic carbocycles. The van der Waals surface area contributed by atoms with Crippen LogP contribution in [0.5, 0.6) is 0 Å². The molecule has 2 N–H and O–H groups in total. The number of rotatable bonds is 6. The van der Waals surface area contributed by atoms with Crippen molar-refractivity contribution in [1.82, 2.24) is 15.0 Å². The van der Waals surface area contributed by atoms with Gasteiger partial charge in [0.25, 0.3) is 5.91 Å². The molecule has 7 nitrogen and oxygen atoms in total. The van der Waals surface area contributed by atoms with Crippen molar-refractivity contribution in [3.8, 4) is 11.4 Å². The van der Waals surface area contributed by atoms with Crippen molar-refractivity contribution in [1.29, 1.82) is 0 Å². The van der Waals surface area contributed by atoms with Crippen molar-refractivity contribution >= 4 is 28.6 Å². The first-order valence-corrected chi connectivity index (χ1v) is 9.97. The van der Waals surface area contributed by atoms with Crippen LogP contribution in [0.1, 0.15) is 35.7 Å². The van der Waals surface area contributed by atoms with Crippen LogP contribution in [-0.2, 0) is 9.53 Å². The topological polar surface area (TPSA) is 97.0 Å². The molecule has 0 aliphatic rings. The largest absolute Gasteiger partial charge is 0.452 e. The monoisotopic (exact) mass is 414 g/mol. The van der Waals surface area contributed by atoms with E-state index in [1.54, 1.807) is 30.6 Å². The van der Waals surface area contributed by atoms with E-state index < -0.39 is 11.9 Å². The summed E-state index contributed by atoms with van der Waals surface area (Å²) in [4.78, 5) is 36.3. The van der Waals surface area contributed by atoms with E-state index in [4.69, 9.17) is 4.74 Å². The first-order chi connectivity index (χ1) is 15.0. The molecule has 0 atom stereocenters. The van der Waals surface area contributed by atoms with Crippen LogP contribution in [0.2, 0.25) is 0 Å². The second kappa shape index (κ2) is 8.79. The van der Waals surface area contributed by atoms with Crippen molar-refractivity contribution < 1.29 is 14.3 Å². The molecule has 0 saturated heterocycles. The second-order valence-electron chi connectivity index (χ2n) is 7.46. The van der Waals surface area contributed by atoms with Crippen molar-refractivity contribution in [2.75, 3.05) is 11.9 Å². The number of anilines is 1. The van der Waals surface area contributed by atoms with E-state index in [-0.39, 0.29) is 6.61 Å². The van der Waals surface area contributed by atoms with Crippen molar-refractivity contribution in [3.63, 3.8) is 0 Å². The fraction of sp³-hybridized carbons (Fsp3) is 0.167. The third-order valence-electron chi connectivity index (χ3n) is 4.85. The smallest absolute Gasteiger partial charge is 0.338 e. The lowest BCUT2D eigenvalue weighted by Gasteiger charge is -2.09. The fourth-order valence-electron chi connectivity index (χ4n) is 3.14. The number of esters is 1. The summed E-state index contributed by atoms with van der Waals surface area (Å²) in [5, 5.41) is 2.73. The van der Waals surface area contributed by atoms with E-state index in [0.717, 1.165) is 11.1 Å². The van der Waals surface area contributed by atoms with E-state index in [9.17, 15) is 9.59 Å². The van der Waals surface area contributed by atoms with E-state index in [0.29, 0.717) is 28.5 Å². The summed E-state index contributed by atoms with van der Waals surface area (Å²) >= 11 is 0. The standard InChI is InChI=1S/C24H22N4O3/c1-15(2)16-5-8-19(9-6-16)26-22(29)14-31-24(30)17-7-10-20-21(12-17)28-23(27-20)18-4-3-11-25-13-18/h3-13,15H,14H2,1-2H3,(H,26,29)(H,27,28). The highest BCUT2D eigenvalue weighted by Gasteiger charge is 2.13. The average molecular weight is 414 g/mol. The van der Waals surface area contributed by atoms with Crippen LogP contribution in [0.15, 0.2) is 67.0 Å². The highest BCUT2D eigenvalue weighted by atomic mass is 16.5. The Morgan fingerprint density at radius 3 is 2.61 bits per heavy atom. The minimum Gasteiger partial charge on any atom is -0.452 e. The van der Waals surface area contributed by atoms with E-state index in [2.05, 4.69) is 34.1 Å². The maximum atomic E-state index is 12.4. The Bertz CT molecular complexity index is 1210. The molecule has 0 aliphatic heterocycles. The highest BCUT2D eigenvalue weighted by molar-refractivity contribution is 5.97. The number of carbonyl (C=O) groups is 2. The van der Waals surface area contributed by atoms with Crippen LogP contribution in [0.3, 0.4) is 0 Å². The first kappa shape index (κ1) is 20.3. The number of benzene rings is 2. The predicted octanol–water partition coefficient (Wildman–Crippen LogP) is 4.54. The number of nitrogens with zero attached hydrogens (tertiary/aromatic N) is 2. The summed E-state index contributed by atoms with van der Waals surface area (Å²) in [5.74, 6) is 0.103. The molecule has 0 saturated carbocycles. The number of carbonyl (C=O) groups excluding carboxylic acids is 2. The number of pyridine rings is 1. The summed E-state index contributed by atoms with van der Waals surface area (Å²) in [7, 11) is 0. The van der Waals surface area contributed by atoms with Gasteiger partial charge in [0.1, 0.15) is 5.82 Å². The van der Waals surface area contributed by atoms with Gasteiger partial charge in [-0.05, 0) is 53.9 Å².